The van der Waals surface area contributed by atoms with Gasteiger partial charge in [-0.2, -0.15) is 0 Å². The average molecular weight is 429 g/mol. The number of thioether (sulfide) groups is 1. The van der Waals surface area contributed by atoms with E-state index < -0.39 is 12.0 Å². The van der Waals surface area contributed by atoms with Gasteiger partial charge in [-0.25, -0.2) is 0 Å². The van der Waals surface area contributed by atoms with Gasteiger partial charge >= 0.3 is 0 Å². The van der Waals surface area contributed by atoms with E-state index in [1.54, 1.807) is 43.0 Å². The first-order chi connectivity index (χ1) is 14.3. The standard InChI is InChI=1S/C23H28N2O4S/c1-13(2)24-22(26)20-16-11-18(28-4)19(29-5)12-17(16)23(27)25(3)21(20)14-7-9-15(30-6)10-8-14/h7-13,20-21H,1-6H3,(H,24,26). The van der Waals surface area contributed by atoms with Gasteiger partial charge in [0.1, 0.15) is 0 Å². The van der Waals surface area contributed by atoms with E-state index in [1.165, 1.54) is 7.11 Å². The van der Waals surface area contributed by atoms with Crippen molar-refractivity contribution in [3.8, 4) is 11.5 Å². The molecule has 0 bridgehead atoms. The van der Waals surface area contributed by atoms with Crippen LogP contribution in [0.2, 0.25) is 0 Å². The lowest BCUT2D eigenvalue weighted by Gasteiger charge is -2.40. The minimum atomic E-state index is -0.579. The fourth-order valence-corrected chi connectivity index (χ4v) is 4.33. The van der Waals surface area contributed by atoms with E-state index in [4.69, 9.17) is 9.47 Å². The van der Waals surface area contributed by atoms with E-state index >= 15 is 0 Å². The summed E-state index contributed by atoms with van der Waals surface area (Å²) in [4.78, 5) is 29.4. The largest absolute Gasteiger partial charge is 0.493 e. The molecule has 3 rings (SSSR count). The summed E-state index contributed by atoms with van der Waals surface area (Å²) in [6, 6.07) is 11.0. The summed E-state index contributed by atoms with van der Waals surface area (Å²) in [5, 5.41) is 3.02. The van der Waals surface area contributed by atoms with Crippen molar-refractivity contribution in [1.82, 2.24) is 10.2 Å². The number of carbonyl (C=O) groups excluding carboxylic acids is 2. The highest BCUT2D eigenvalue weighted by atomic mass is 32.2. The number of nitrogens with one attached hydrogen (secondary N) is 1. The van der Waals surface area contributed by atoms with Crippen molar-refractivity contribution in [2.24, 2.45) is 0 Å². The Morgan fingerprint density at radius 2 is 1.70 bits per heavy atom. The number of hydrogen-bond acceptors (Lipinski definition) is 5. The smallest absolute Gasteiger partial charge is 0.254 e. The Hall–Kier alpha value is -2.67. The van der Waals surface area contributed by atoms with Gasteiger partial charge in [-0.05, 0) is 55.5 Å². The molecule has 0 aliphatic carbocycles. The Labute approximate surface area is 181 Å². The predicted octanol–water partition coefficient (Wildman–Crippen LogP) is 3.86. The minimum Gasteiger partial charge on any atom is -0.493 e. The lowest BCUT2D eigenvalue weighted by Crippen LogP contribution is -2.46. The molecular weight excluding hydrogens is 400 g/mol. The number of methoxy groups -OCH3 is 2. The Morgan fingerprint density at radius 1 is 1.10 bits per heavy atom. The zero-order valence-electron chi connectivity index (χ0n) is 18.2. The fraction of sp³-hybridized carbons (Fsp3) is 0.391. The monoisotopic (exact) mass is 428 g/mol. The van der Waals surface area contributed by atoms with E-state index in [-0.39, 0.29) is 17.9 Å². The molecule has 2 unspecified atom stereocenters. The van der Waals surface area contributed by atoms with Crippen LogP contribution in [-0.4, -0.2) is 50.3 Å². The van der Waals surface area contributed by atoms with Crippen LogP contribution in [0.15, 0.2) is 41.3 Å². The number of ether oxygens (including phenoxy) is 2. The summed E-state index contributed by atoms with van der Waals surface area (Å²) < 4.78 is 10.8. The van der Waals surface area contributed by atoms with Crippen LogP contribution in [0.25, 0.3) is 0 Å². The van der Waals surface area contributed by atoms with Crippen LogP contribution in [0.3, 0.4) is 0 Å². The molecule has 0 saturated heterocycles. The van der Waals surface area contributed by atoms with Crippen molar-refractivity contribution in [3.05, 3.63) is 53.1 Å². The van der Waals surface area contributed by atoms with Crippen molar-refractivity contribution < 1.29 is 19.1 Å². The average Bonchev–Trinajstić information content (AvgIpc) is 2.74. The lowest BCUT2D eigenvalue weighted by atomic mass is 9.79. The highest BCUT2D eigenvalue weighted by molar-refractivity contribution is 7.98. The Morgan fingerprint density at radius 3 is 2.23 bits per heavy atom. The Kier molecular flexibility index (Phi) is 6.61. The van der Waals surface area contributed by atoms with Crippen LogP contribution in [0.4, 0.5) is 0 Å². The van der Waals surface area contributed by atoms with Gasteiger partial charge in [-0.15, -0.1) is 11.8 Å². The molecule has 6 nitrogen and oxygen atoms in total. The lowest BCUT2D eigenvalue weighted by molar-refractivity contribution is -0.124. The second-order valence-electron chi connectivity index (χ2n) is 7.57. The maximum absolute atomic E-state index is 13.4. The fourth-order valence-electron chi connectivity index (χ4n) is 3.92. The van der Waals surface area contributed by atoms with Gasteiger partial charge in [0.05, 0.1) is 26.2 Å². The molecule has 30 heavy (non-hydrogen) atoms. The summed E-state index contributed by atoms with van der Waals surface area (Å²) in [6.45, 7) is 3.85. The van der Waals surface area contributed by atoms with E-state index in [2.05, 4.69) is 5.32 Å². The number of benzene rings is 2. The van der Waals surface area contributed by atoms with Crippen LogP contribution in [0.1, 0.15) is 47.3 Å². The molecule has 2 amide bonds. The van der Waals surface area contributed by atoms with Gasteiger partial charge in [0.15, 0.2) is 11.5 Å². The van der Waals surface area contributed by atoms with Gasteiger partial charge in [-0.3, -0.25) is 9.59 Å². The molecule has 1 heterocycles. The summed E-state index contributed by atoms with van der Waals surface area (Å²) in [5.74, 6) is 0.0940. The number of carbonyl (C=O) groups is 2. The maximum Gasteiger partial charge on any atom is 0.254 e. The quantitative estimate of drug-likeness (QED) is 0.708. The van der Waals surface area contributed by atoms with Crippen LogP contribution in [0.5, 0.6) is 11.5 Å². The molecule has 2 atom stereocenters. The summed E-state index contributed by atoms with van der Waals surface area (Å²) in [7, 11) is 4.81. The van der Waals surface area contributed by atoms with Gasteiger partial charge in [0, 0.05) is 23.5 Å². The highest BCUT2D eigenvalue weighted by Crippen LogP contribution is 2.45. The molecule has 0 aromatic heterocycles. The predicted molar refractivity (Wildman–Crippen MR) is 119 cm³/mol. The first-order valence-corrected chi connectivity index (χ1v) is 11.0. The summed E-state index contributed by atoms with van der Waals surface area (Å²) >= 11 is 1.65. The van der Waals surface area contributed by atoms with Crippen molar-refractivity contribution in [3.63, 3.8) is 0 Å². The Bertz CT molecular complexity index is 943. The molecule has 2 aromatic rings. The van der Waals surface area contributed by atoms with E-state index in [0.29, 0.717) is 22.6 Å². The molecule has 0 spiro atoms. The second-order valence-corrected chi connectivity index (χ2v) is 8.45. The number of fused-ring (bicyclic) bond motifs is 1. The van der Waals surface area contributed by atoms with Crippen LogP contribution in [0, 0.1) is 0 Å². The van der Waals surface area contributed by atoms with E-state index in [1.807, 2.05) is 44.4 Å². The molecule has 0 saturated carbocycles. The molecule has 1 N–H and O–H groups in total. The van der Waals surface area contributed by atoms with Crippen molar-refractivity contribution in [2.45, 2.75) is 36.7 Å². The molecule has 0 radical (unpaired) electrons. The van der Waals surface area contributed by atoms with Crippen molar-refractivity contribution in [1.29, 1.82) is 0 Å². The molecule has 0 fully saturated rings. The molecular formula is C23H28N2O4S. The van der Waals surface area contributed by atoms with Crippen molar-refractivity contribution >= 4 is 23.6 Å². The first kappa shape index (κ1) is 22.0. The SMILES string of the molecule is COc1cc2c(cc1OC)C(C(=O)NC(C)C)C(c1ccc(SC)cc1)N(C)C2=O. The number of amides is 2. The van der Waals surface area contributed by atoms with Crippen LogP contribution in [-0.2, 0) is 4.79 Å². The van der Waals surface area contributed by atoms with Gasteiger partial charge in [-0.1, -0.05) is 12.1 Å². The normalized spacial score (nSPS) is 18.2. The second kappa shape index (κ2) is 9.00. The van der Waals surface area contributed by atoms with E-state index in [0.717, 1.165) is 10.5 Å². The zero-order valence-corrected chi connectivity index (χ0v) is 19.0. The van der Waals surface area contributed by atoms with Gasteiger partial charge in [0.25, 0.3) is 5.91 Å². The van der Waals surface area contributed by atoms with Gasteiger partial charge in [0.2, 0.25) is 5.91 Å². The first-order valence-electron chi connectivity index (χ1n) is 9.79. The summed E-state index contributed by atoms with van der Waals surface area (Å²) in [6.07, 6.45) is 2.01. The minimum absolute atomic E-state index is 0.0245. The topological polar surface area (TPSA) is 67.9 Å². The number of rotatable bonds is 6. The maximum atomic E-state index is 13.4. The highest BCUT2D eigenvalue weighted by Gasteiger charge is 2.43. The number of hydrogen-bond donors (Lipinski definition) is 1. The third kappa shape index (κ3) is 3.99. The van der Waals surface area contributed by atoms with Gasteiger partial charge < -0.3 is 19.7 Å². The molecule has 7 heteroatoms. The zero-order chi connectivity index (χ0) is 22.0. The van der Waals surface area contributed by atoms with E-state index in [9.17, 15) is 9.59 Å². The number of nitrogens with zero attached hydrogens (tertiary/aromatic N) is 1. The third-order valence-corrected chi connectivity index (χ3v) is 6.09. The molecule has 160 valence electrons. The summed E-state index contributed by atoms with van der Waals surface area (Å²) in [5.41, 5.74) is 2.01. The number of likely N-dealkylation sites (N-methyl/N-ethyl adjacent to an activating group) is 1. The third-order valence-electron chi connectivity index (χ3n) is 5.35. The Balaban J connectivity index is 2.21. The van der Waals surface area contributed by atoms with Crippen molar-refractivity contribution in [2.75, 3.05) is 27.5 Å². The molecule has 2 aromatic carbocycles. The van der Waals surface area contributed by atoms with Crippen LogP contribution < -0.4 is 14.8 Å². The molecule has 1 aliphatic rings. The molecule has 1 aliphatic heterocycles. The van der Waals surface area contributed by atoms with Crippen LogP contribution >= 0.6 is 11.8 Å².